The highest BCUT2D eigenvalue weighted by Crippen LogP contribution is 2.35. The molecule has 1 aromatic carbocycles. The van der Waals surface area contributed by atoms with E-state index in [1.807, 2.05) is 36.4 Å². The van der Waals surface area contributed by atoms with Crippen LogP contribution < -0.4 is 5.32 Å². The maximum Gasteiger partial charge on any atom is 0.233 e. The lowest BCUT2D eigenvalue weighted by atomic mass is 9.85. The molecule has 0 saturated carbocycles. The SMILES string of the molecule is CC[C@H](C)c1ccccc1NC(=O)CCN1C(=O)[C@H]2CC=CC[C@H]2C1=O. The number of imide groups is 1. The number of anilines is 1. The van der Waals surface area contributed by atoms with Crippen LogP contribution in [0.4, 0.5) is 5.69 Å². The molecule has 1 N–H and O–H groups in total. The maximum atomic E-state index is 12.4. The number of para-hydroxylation sites is 1. The van der Waals surface area contributed by atoms with E-state index < -0.39 is 0 Å². The highest BCUT2D eigenvalue weighted by Gasteiger charge is 2.46. The van der Waals surface area contributed by atoms with E-state index in [0.29, 0.717) is 18.8 Å². The predicted octanol–water partition coefficient (Wildman–Crippen LogP) is 3.48. The van der Waals surface area contributed by atoms with Crippen molar-refractivity contribution in [3.05, 3.63) is 42.0 Å². The standard InChI is InChI=1S/C21H26N2O3/c1-3-14(2)15-8-6-7-11-18(15)22-19(24)12-13-23-20(25)16-9-4-5-10-17(16)21(23)26/h4-8,11,14,16-17H,3,9-10,12-13H2,1-2H3,(H,22,24)/t14-,16-,17+/m0/s1. The second-order valence-corrected chi connectivity index (χ2v) is 7.18. The van der Waals surface area contributed by atoms with Crippen LogP contribution in [-0.4, -0.2) is 29.2 Å². The van der Waals surface area contributed by atoms with E-state index in [9.17, 15) is 14.4 Å². The molecular weight excluding hydrogens is 328 g/mol. The van der Waals surface area contributed by atoms with E-state index in [1.165, 1.54) is 4.90 Å². The van der Waals surface area contributed by atoms with Gasteiger partial charge in [0.05, 0.1) is 11.8 Å². The monoisotopic (exact) mass is 354 g/mol. The van der Waals surface area contributed by atoms with Crippen molar-refractivity contribution in [2.24, 2.45) is 11.8 Å². The molecule has 0 unspecified atom stereocenters. The molecule has 3 atom stereocenters. The molecule has 0 bridgehead atoms. The largest absolute Gasteiger partial charge is 0.326 e. The third-order valence-electron chi connectivity index (χ3n) is 5.54. The molecule has 1 fully saturated rings. The molecule has 5 heteroatoms. The van der Waals surface area contributed by atoms with Crippen LogP contribution in [0.2, 0.25) is 0 Å². The lowest BCUT2D eigenvalue weighted by Gasteiger charge is -2.17. The van der Waals surface area contributed by atoms with Crippen molar-refractivity contribution >= 4 is 23.4 Å². The topological polar surface area (TPSA) is 66.5 Å². The third-order valence-corrected chi connectivity index (χ3v) is 5.54. The number of hydrogen-bond acceptors (Lipinski definition) is 3. The van der Waals surface area contributed by atoms with E-state index in [4.69, 9.17) is 0 Å². The average molecular weight is 354 g/mol. The van der Waals surface area contributed by atoms with Crippen molar-refractivity contribution in [2.75, 3.05) is 11.9 Å². The Labute approximate surface area is 154 Å². The van der Waals surface area contributed by atoms with Gasteiger partial charge in [-0.3, -0.25) is 19.3 Å². The Morgan fingerprint density at radius 3 is 2.38 bits per heavy atom. The summed E-state index contributed by atoms with van der Waals surface area (Å²) in [6.07, 6.45) is 6.29. The molecule has 5 nitrogen and oxygen atoms in total. The minimum Gasteiger partial charge on any atom is -0.326 e. The number of carbonyl (C=O) groups is 3. The summed E-state index contributed by atoms with van der Waals surface area (Å²) in [4.78, 5) is 38.6. The average Bonchev–Trinajstić information content (AvgIpc) is 2.91. The van der Waals surface area contributed by atoms with E-state index >= 15 is 0 Å². The van der Waals surface area contributed by atoms with Crippen LogP contribution >= 0.6 is 0 Å². The fourth-order valence-electron chi connectivity index (χ4n) is 3.78. The molecule has 1 heterocycles. The van der Waals surface area contributed by atoms with Gasteiger partial charge in [-0.2, -0.15) is 0 Å². The Morgan fingerprint density at radius 2 is 1.77 bits per heavy atom. The zero-order valence-electron chi connectivity index (χ0n) is 15.4. The zero-order chi connectivity index (χ0) is 18.7. The van der Waals surface area contributed by atoms with Gasteiger partial charge in [0.15, 0.2) is 0 Å². The van der Waals surface area contributed by atoms with Gasteiger partial charge in [0, 0.05) is 18.7 Å². The summed E-state index contributed by atoms with van der Waals surface area (Å²) >= 11 is 0. The van der Waals surface area contributed by atoms with Crippen LogP contribution in [0.3, 0.4) is 0 Å². The summed E-state index contributed by atoms with van der Waals surface area (Å²) in [6, 6.07) is 7.78. The number of nitrogens with zero attached hydrogens (tertiary/aromatic N) is 1. The summed E-state index contributed by atoms with van der Waals surface area (Å²) < 4.78 is 0. The lowest BCUT2D eigenvalue weighted by molar-refractivity contribution is -0.140. The van der Waals surface area contributed by atoms with Crippen molar-refractivity contribution in [3.63, 3.8) is 0 Å². The summed E-state index contributed by atoms with van der Waals surface area (Å²) in [5.41, 5.74) is 1.91. The molecule has 1 aromatic rings. The number of nitrogens with one attached hydrogen (secondary N) is 1. The van der Waals surface area contributed by atoms with Crippen LogP contribution in [0, 0.1) is 11.8 Å². The molecular formula is C21H26N2O3. The van der Waals surface area contributed by atoms with Crippen LogP contribution in [-0.2, 0) is 14.4 Å². The van der Waals surface area contributed by atoms with Crippen LogP contribution in [0.5, 0.6) is 0 Å². The van der Waals surface area contributed by atoms with Crippen molar-refractivity contribution in [3.8, 4) is 0 Å². The molecule has 0 radical (unpaired) electrons. The van der Waals surface area contributed by atoms with Gasteiger partial charge >= 0.3 is 0 Å². The van der Waals surface area contributed by atoms with Gasteiger partial charge in [0.1, 0.15) is 0 Å². The van der Waals surface area contributed by atoms with E-state index in [1.54, 1.807) is 0 Å². The summed E-state index contributed by atoms with van der Waals surface area (Å²) in [6.45, 7) is 4.40. The Morgan fingerprint density at radius 1 is 1.15 bits per heavy atom. The lowest BCUT2D eigenvalue weighted by Crippen LogP contribution is -2.34. The third kappa shape index (κ3) is 3.57. The van der Waals surface area contributed by atoms with Gasteiger partial charge in [-0.05, 0) is 36.8 Å². The molecule has 138 valence electrons. The first-order valence-corrected chi connectivity index (χ1v) is 9.42. The summed E-state index contributed by atoms with van der Waals surface area (Å²) in [7, 11) is 0. The van der Waals surface area contributed by atoms with Gasteiger partial charge in [0.25, 0.3) is 0 Å². The predicted molar refractivity (Wildman–Crippen MR) is 100 cm³/mol. The molecule has 3 amide bonds. The molecule has 3 rings (SSSR count). The Kier molecular flexibility index (Phi) is 5.55. The van der Waals surface area contributed by atoms with Crippen molar-refractivity contribution in [1.29, 1.82) is 0 Å². The molecule has 1 aliphatic heterocycles. The highest BCUT2D eigenvalue weighted by atomic mass is 16.2. The zero-order valence-corrected chi connectivity index (χ0v) is 15.4. The van der Waals surface area contributed by atoms with Gasteiger partial charge in [-0.15, -0.1) is 0 Å². The van der Waals surface area contributed by atoms with E-state index in [0.717, 1.165) is 17.7 Å². The first-order chi connectivity index (χ1) is 12.5. The van der Waals surface area contributed by atoms with Gasteiger partial charge < -0.3 is 5.32 Å². The smallest absolute Gasteiger partial charge is 0.233 e. The summed E-state index contributed by atoms with van der Waals surface area (Å²) in [5, 5.41) is 2.94. The second-order valence-electron chi connectivity index (χ2n) is 7.18. The Balaban J connectivity index is 1.60. The molecule has 0 aromatic heterocycles. The minimum atomic E-state index is -0.235. The van der Waals surface area contributed by atoms with Gasteiger partial charge in [0.2, 0.25) is 17.7 Å². The van der Waals surface area contributed by atoms with E-state index in [2.05, 4.69) is 19.2 Å². The Bertz CT molecular complexity index is 715. The van der Waals surface area contributed by atoms with Crippen molar-refractivity contribution in [1.82, 2.24) is 4.90 Å². The highest BCUT2D eigenvalue weighted by molar-refractivity contribution is 6.05. The fraction of sp³-hybridized carbons (Fsp3) is 0.476. The van der Waals surface area contributed by atoms with Gasteiger partial charge in [-0.25, -0.2) is 0 Å². The molecule has 1 saturated heterocycles. The number of likely N-dealkylation sites (tertiary alicyclic amines) is 1. The number of hydrogen-bond donors (Lipinski definition) is 1. The quantitative estimate of drug-likeness (QED) is 0.628. The van der Waals surface area contributed by atoms with Crippen LogP contribution in [0.25, 0.3) is 0 Å². The van der Waals surface area contributed by atoms with Crippen LogP contribution in [0.1, 0.15) is 51.0 Å². The Hall–Kier alpha value is -2.43. The summed E-state index contributed by atoms with van der Waals surface area (Å²) in [5.74, 6) is -0.545. The number of rotatable bonds is 6. The molecule has 2 aliphatic rings. The maximum absolute atomic E-state index is 12.4. The first-order valence-electron chi connectivity index (χ1n) is 9.42. The fourth-order valence-corrected chi connectivity index (χ4v) is 3.78. The second kappa shape index (κ2) is 7.85. The van der Waals surface area contributed by atoms with Crippen molar-refractivity contribution < 1.29 is 14.4 Å². The first kappa shape index (κ1) is 18.4. The molecule has 26 heavy (non-hydrogen) atoms. The van der Waals surface area contributed by atoms with Gasteiger partial charge in [-0.1, -0.05) is 44.2 Å². The van der Waals surface area contributed by atoms with E-state index in [-0.39, 0.29) is 42.5 Å². The number of carbonyl (C=O) groups excluding carboxylic acids is 3. The normalized spacial score (nSPS) is 23.1. The van der Waals surface area contributed by atoms with Crippen LogP contribution in [0.15, 0.2) is 36.4 Å². The molecule has 0 spiro atoms. The number of fused-ring (bicyclic) bond motifs is 1. The minimum absolute atomic E-state index is 0.124. The number of allylic oxidation sites excluding steroid dienone is 2. The molecule has 1 aliphatic carbocycles. The van der Waals surface area contributed by atoms with Crippen molar-refractivity contribution in [2.45, 2.75) is 45.4 Å². The number of benzene rings is 1. The number of amides is 3.